The lowest BCUT2D eigenvalue weighted by atomic mass is 10.2. The van der Waals surface area contributed by atoms with Gasteiger partial charge < -0.3 is 9.47 Å². The normalized spacial score (nSPS) is 17.5. The van der Waals surface area contributed by atoms with Crippen LogP contribution in [0.3, 0.4) is 0 Å². The van der Waals surface area contributed by atoms with Crippen LogP contribution >= 0.6 is 33.3 Å². The van der Waals surface area contributed by atoms with Crippen molar-refractivity contribution in [1.82, 2.24) is 0 Å². The lowest BCUT2D eigenvalue weighted by molar-refractivity contribution is 0.323. The third-order valence-corrected chi connectivity index (χ3v) is 7.37. The van der Waals surface area contributed by atoms with E-state index in [4.69, 9.17) is 9.47 Å². The molecule has 0 fully saturated rings. The van der Waals surface area contributed by atoms with E-state index in [0.29, 0.717) is 18.5 Å². The molecular weight excluding hydrogens is 368 g/mol. The van der Waals surface area contributed by atoms with Crippen LogP contribution in [0.2, 0.25) is 0 Å². The Kier molecular flexibility index (Phi) is 7.08. The van der Waals surface area contributed by atoms with Crippen molar-refractivity contribution in [1.29, 1.82) is 0 Å². The summed E-state index contributed by atoms with van der Waals surface area (Å²) in [5.74, 6) is 2.92. The van der Waals surface area contributed by atoms with Crippen LogP contribution in [0.5, 0.6) is 11.5 Å². The fourth-order valence-electron chi connectivity index (χ4n) is 2.24. The summed E-state index contributed by atoms with van der Waals surface area (Å²) >= 11 is 1.87. The second kappa shape index (κ2) is 9.51. The van der Waals surface area contributed by atoms with Gasteiger partial charge in [0.25, 0.3) is 0 Å². The summed E-state index contributed by atoms with van der Waals surface area (Å²) in [4.78, 5) is 1.26. The van der Waals surface area contributed by atoms with Crippen LogP contribution in [0.15, 0.2) is 58.8 Å². The van der Waals surface area contributed by atoms with Crippen LogP contribution in [0.25, 0.3) is 0 Å². The van der Waals surface area contributed by atoms with Crippen molar-refractivity contribution in [3.63, 3.8) is 0 Å². The molecule has 0 aliphatic carbocycles. The van der Waals surface area contributed by atoms with Gasteiger partial charge in [0.15, 0.2) is 0 Å². The van der Waals surface area contributed by atoms with Crippen molar-refractivity contribution < 1.29 is 9.47 Å². The monoisotopic (exact) mass is 390 g/mol. The van der Waals surface area contributed by atoms with Gasteiger partial charge in [0.2, 0.25) is 0 Å². The maximum Gasteiger partial charge on any atom is 0.120 e. The van der Waals surface area contributed by atoms with Crippen molar-refractivity contribution in [2.45, 2.75) is 19.1 Å². The molecule has 2 nitrogen and oxygen atoms in total. The van der Waals surface area contributed by atoms with Gasteiger partial charge in [-0.3, -0.25) is 0 Å². The fraction of sp³-hybridized carbons (Fsp3) is 0.300. The van der Waals surface area contributed by atoms with E-state index in [-0.39, 0.29) is 0 Å². The molecule has 1 heterocycles. The van der Waals surface area contributed by atoms with E-state index in [1.165, 1.54) is 16.0 Å². The Morgan fingerprint density at radius 2 is 1.48 bits per heavy atom. The van der Waals surface area contributed by atoms with Gasteiger partial charge >= 0.3 is 0 Å². The summed E-state index contributed by atoms with van der Waals surface area (Å²) in [7, 11) is 3.66. The van der Waals surface area contributed by atoms with Crippen molar-refractivity contribution >= 4 is 33.3 Å². The first-order valence-electron chi connectivity index (χ1n) is 8.22. The predicted molar refractivity (Wildman–Crippen MR) is 113 cm³/mol. The van der Waals surface area contributed by atoms with Gasteiger partial charge in [0, 0.05) is 10.7 Å². The first-order chi connectivity index (χ1) is 12.2. The highest BCUT2D eigenvalue weighted by Crippen LogP contribution is 2.38. The van der Waals surface area contributed by atoms with E-state index in [1.54, 1.807) is 10.8 Å². The number of hydrogen-bond donors (Lipinski definition) is 0. The summed E-state index contributed by atoms with van der Waals surface area (Å²) in [5, 5.41) is 2.63. The van der Waals surface area contributed by atoms with Gasteiger partial charge in [-0.2, -0.15) is 0 Å². The molecule has 0 saturated heterocycles. The number of rotatable bonds is 6. The molecule has 0 radical (unpaired) electrons. The Labute approximate surface area is 162 Å². The maximum absolute atomic E-state index is 5.97. The molecule has 0 amide bonds. The van der Waals surface area contributed by atoms with E-state index in [1.807, 2.05) is 46.8 Å². The second-order valence-corrected chi connectivity index (χ2v) is 9.64. The molecule has 0 spiro atoms. The Bertz CT molecular complexity index is 696. The van der Waals surface area contributed by atoms with E-state index >= 15 is 0 Å². The molecule has 25 heavy (non-hydrogen) atoms. The van der Waals surface area contributed by atoms with Crippen LogP contribution in [0.4, 0.5) is 0 Å². The topological polar surface area (TPSA) is 18.5 Å². The lowest BCUT2D eigenvalue weighted by Gasteiger charge is -2.16. The van der Waals surface area contributed by atoms with Crippen molar-refractivity contribution in [2.24, 2.45) is 0 Å². The lowest BCUT2D eigenvalue weighted by Crippen LogP contribution is -2.17. The maximum atomic E-state index is 5.97. The van der Waals surface area contributed by atoms with Gasteiger partial charge in [0.05, 0.1) is 5.25 Å². The zero-order chi connectivity index (χ0) is 17.5. The minimum absolute atomic E-state index is 0.425. The average molecular weight is 391 g/mol. The molecule has 1 unspecified atom stereocenters. The van der Waals surface area contributed by atoms with Gasteiger partial charge in [0.1, 0.15) is 24.7 Å². The van der Waals surface area contributed by atoms with E-state index in [2.05, 4.69) is 43.5 Å². The quantitative estimate of drug-likeness (QED) is 0.553. The third kappa shape index (κ3) is 6.24. The van der Waals surface area contributed by atoms with E-state index in [9.17, 15) is 0 Å². The Morgan fingerprint density at radius 1 is 0.880 bits per heavy atom. The molecule has 0 bridgehead atoms. The minimum Gasteiger partial charge on any atom is -0.492 e. The van der Waals surface area contributed by atoms with Crippen molar-refractivity contribution in [2.75, 3.05) is 19.0 Å². The summed E-state index contributed by atoms with van der Waals surface area (Å²) in [6, 6.07) is 16.4. The molecule has 0 N–H and O–H groups in total. The third-order valence-electron chi connectivity index (χ3n) is 3.68. The molecule has 1 aliphatic rings. The number of ether oxygens (including phenoxy) is 2. The highest BCUT2D eigenvalue weighted by molar-refractivity contribution is 8.78. The predicted octanol–water partition coefficient (Wildman–Crippen LogP) is 6.10. The summed E-state index contributed by atoms with van der Waals surface area (Å²) < 4.78 is 11.9. The highest BCUT2D eigenvalue weighted by Gasteiger charge is 2.17. The molecule has 0 aromatic heterocycles. The Hall–Kier alpha value is -1.17. The average Bonchev–Trinajstić information content (AvgIpc) is 2.86. The van der Waals surface area contributed by atoms with Gasteiger partial charge in [-0.15, -0.1) is 11.8 Å². The highest BCUT2D eigenvalue weighted by atomic mass is 33.1. The van der Waals surface area contributed by atoms with Gasteiger partial charge in [-0.1, -0.05) is 57.0 Å². The summed E-state index contributed by atoms with van der Waals surface area (Å²) in [6.07, 6.45) is 0. The second-order valence-electron chi connectivity index (χ2n) is 5.93. The summed E-state index contributed by atoms with van der Waals surface area (Å²) in [5.41, 5.74) is 2.50. The first kappa shape index (κ1) is 18.6. The number of benzene rings is 2. The van der Waals surface area contributed by atoms with Crippen molar-refractivity contribution in [3.05, 3.63) is 70.0 Å². The molecule has 0 saturated carbocycles. The minimum atomic E-state index is 0.425. The number of aryl methyl sites for hydroxylation is 2. The fourth-order valence-corrected chi connectivity index (χ4v) is 6.07. The van der Waals surface area contributed by atoms with Gasteiger partial charge in [-0.25, -0.2) is 0 Å². The van der Waals surface area contributed by atoms with Crippen molar-refractivity contribution in [3.8, 4) is 11.5 Å². The molecule has 5 heteroatoms. The first-order valence-corrected chi connectivity index (χ1v) is 11.5. The van der Waals surface area contributed by atoms with E-state index in [0.717, 1.165) is 17.3 Å². The Morgan fingerprint density at radius 3 is 2.12 bits per heavy atom. The zero-order valence-electron chi connectivity index (χ0n) is 14.4. The molecule has 132 valence electrons. The SMILES string of the molecule is Cc1ccc(OCC2=CSSCC(COc3ccc(C)cc3)S2)cc1. The zero-order valence-corrected chi connectivity index (χ0v) is 16.9. The summed E-state index contributed by atoms with van der Waals surface area (Å²) in [6.45, 7) is 5.50. The number of thioether (sulfide) groups is 1. The smallest absolute Gasteiger partial charge is 0.120 e. The molecule has 1 aliphatic heterocycles. The standard InChI is InChI=1S/C20H22O2S3/c1-15-3-7-17(8-4-15)21-11-19-13-23-24-14-20(25-19)12-22-18-9-5-16(2)6-10-18/h3-10,13,20H,11-12,14H2,1-2H3. The van der Waals surface area contributed by atoms with Crippen LogP contribution in [-0.4, -0.2) is 24.2 Å². The van der Waals surface area contributed by atoms with E-state index < -0.39 is 0 Å². The molecule has 2 aromatic rings. The molecular formula is C20H22O2S3. The molecule has 2 aromatic carbocycles. The van der Waals surface area contributed by atoms with Crippen LogP contribution < -0.4 is 9.47 Å². The molecule has 3 rings (SSSR count). The van der Waals surface area contributed by atoms with Crippen LogP contribution in [0.1, 0.15) is 11.1 Å². The van der Waals surface area contributed by atoms with Crippen LogP contribution in [0, 0.1) is 13.8 Å². The largest absolute Gasteiger partial charge is 0.492 e. The van der Waals surface area contributed by atoms with Gasteiger partial charge in [-0.05, 0) is 43.5 Å². The number of hydrogen-bond acceptors (Lipinski definition) is 5. The van der Waals surface area contributed by atoms with Crippen LogP contribution in [-0.2, 0) is 0 Å². The molecule has 1 atom stereocenters. The Balaban J connectivity index is 1.50.